The van der Waals surface area contributed by atoms with E-state index in [9.17, 15) is 18.0 Å². The lowest BCUT2D eigenvalue weighted by Gasteiger charge is -2.33. The van der Waals surface area contributed by atoms with E-state index in [1.54, 1.807) is 36.7 Å². The molecule has 1 saturated heterocycles. The number of rotatable bonds is 5. The standard InChI is InChI=1S/C21H18F3N5O5/c1-31-19-13-8-16(34-15(13)4-5-25-19)14-9-26-17-2-3-18(27-29(14)17)33-11-12-10-28(6-7-32-12)20(30)21(22,23)24/h2-5,8-9,12H,6-7,10-11H2,1H3. The summed E-state index contributed by atoms with van der Waals surface area (Å²) < 4.78 is 62.0. The number of amides is 1. The number of carbonyl (C=O) groups excluding carboxylic acids is 1. The predicted molar refractivity (Wildman–Crippen MR) is 110 cm³/mol. The SMILES string of the molecule is COc1nccc2oc(-c3cnc4ccc(OCC5CN(C(=O)C(F)(F)F)CCO5)nn34)cc12. The quantitative estimate of drug-likeness (QED) is 0.432. The summed E-state index contributed by atoms with van der Waals surface area (Å²) >= 11 is 0. The number of halogens is 3. The van der Waals surface area contributed by atoms with Crippen molar-refractivity contribution in [3.05, 3.63) is 36.7 Å². The Kier molecular flexibility index (Phi) is 5.48. The maximum absolute atomic E-state index is 12.7. The number of morpholine rings is 1. The molecule has 34 heavy (non-hydrogen) atoms. The molecule has 1 fully saturated rings. The van der Waals surface area contributed by atoms with Crippen molar-refractivity contribution >= 4 is 22.5 Å². The first-order valence-corrected chi connectivity index (χ1v) is 10.2. The molecule has 1 atom stereocenters. The third kappa shape index (κ3) is 4.09. The van der Waals surface area contributed by atoms with Crippen molar-refractivity contribution in [1.82, 2.24) is 24.5 Å². The molecule has 1 amide bonds. The second-order valence-electron chi connectivity index (χ2n) is 7.48. The van der Waals surface area contributed by atoms with Crippen LogP contribution in [0.1, 0.15) is 0 Å². The molecule has 0 aliphatic carbocycles. The lowest BCUT2D eigenvalue weighted by Crippen LogP contribution is -2.51. The number of aromatic nitrogens is 4. The summed E-state index contributed by atoms with van der Waals surface area (Å²) in [4.78, 5) is 20.7. The Hall–Kier alpha value is -3.87. The van der Waals surface area contributed by atoms with Crippen LogP contribution in [-0.2, 0) is 9.53 Å². The van der Waals surface area contributed by atoms with Gasteiger partial charge in [0.1, 0.15) is 24.0 Å². The fourth-order valence-electron chi connectivity index (χ4n) is 3.69. The van der Waals surface area contributed by atoms with Gasteiger partial charge in [-0.05, 0) is 12.1 Å². The lowest BCUT2D eigenvalue weighted by atomic mass is 10.3. The number of ether oxygens (including phenoxy) is 3. The summed E-state index contributed by atoms with van der Waals surface area (Å²) in [5.41, 5.74) is 1.66. The van der Waals surface area contributed by atoms with Crippen LogP contribution in [0.25, 0.3) is 28.1 Å². The zero-order valence-corrected chi connectivity index (χ0v) is 17.8. The van der Waals surface area contributed by atoms with E-state index in [1.165, 1.54) is 11.6 Å². The van der Waals surface area contributed by atoms with Gasteiger partial charge in [-0.3, -0.25) is 4.79 Å². The number of alkyl halides is 3. The second kappa shape index (κ2) is 8.48. The number of furan rings is 1. The van der Waals surface area contributed by atoms with Crippen molar-refractivity contribution in [3.63, 3.8) is 0 Å². The molecule has 1 aliphatic rings. The predicted octanol–water partition coefficient (Wildman–Crippen LogP) is 2.71. The number of fused-ring (bicyclic) bond motifs is 2. The first-order chi connectivity index (χ1) is 16.3. The smallest absolute Gasteiger partial charge is 0.471 e. The molecular weight excluding hydrogens is 459 g/mol. The van der Waals surface area contributed by atoms with E-state index >= 15 is 0 Å². The molecule has 5 heterocycles. The van der Waals surface area contributed by atoms with E-state index in [1.807, 2.05) is 0 Å². The summed E-state index contributed by atoms with van der Waals surface area (Å²) in [6.45, 7) is -0.461. The summed E-state index contributed by atoms with van der Waals surface area (Å²) in [5, 5.41) is 5.10. The molecule has 4 aromatic heterocycles. The Labute approximate surface area is 189 Å². The highest BCUT2D eigenvalue weighted by atomic mass is 19.4. The van der Waals surface area contributed by atoms with Crippen LogP contribution in [0, 0.1) is 0 Å². The largest absolute Gasteiger partial charge is 0.480 e. The Balaban J connectivity index is 1.34. The van der Waals surface area contributed by atoms with Crippen LogP contribution in [0.15, 0.2) is 41.1 Å². The van der Waals surface area contributed by atoms with Gasteiger partial charge in [-0.2, -0.15) is 13.2 Å². The minimum absolute atomic E-state index is 0.0155. The monoisotopic (exact) mass is 477 g/mol. The molecular formula is C21H18F3N5O5. The highest BCUT2D eigenvalue weighted by Gasteiger charge is 2.43. The second-order valence-corrected chi connectivity index (χ2v) is 7.48. The van der Waals surface area contributed by atoms with Gasteiger partial charge in [0.2, 0.25) is 11.8 Å². The number of pyridine rings is 1. The Morgan fingerprint density at radius 1 is 1.26 bits per heavy atom. The Morgan fingerprint density at radius 3 is 2.91 bits per heavy atom. The van der Waals surface area contributed by atoms with Crippen molar-refractivity contribution in [1.29, 1.82) is 0 Å². The minimum Gasteiger partial charge on any atom is -0.480 e. The number of methoxy groups -OCH3 is 1. The van der Waals surface area contributed by atoms with Crippen LogP contribution in [-0.4, -0.2) is 76.1 Å². The van der Waals surface area contributed by atoms with Gasteiger partial charge in [0, 0.05) is 24.9 Å². The molecule has 0 N–H and O–H groups in total. The van der Waals surface area contributed by atoms with Gasteiger partial charge >= 0.3 is 12.1 Å². The number of nitrogens with zero attached hydrogens (tertiary/aromatic N) is 5. The first-order valence-electron chi connectivity index (χ1n) is 10.2. The molecule has 178 valence electrons. The van der Waals surface area contributed by atoms with Crippen LogP contribution in [0.3, 0.4) is 0 Å². The summed E-state index contributed by atoms with van der Waals surface area (Å²) in [6, 6.07) is 6.74. The zero-order chi connectivity index (χ0) is 23.9. The Morgan fingerprint density at radius 2 is 2.12 bits per heavy atom. The van der Waals surface area contributed by atoms with Crippen molar-refractivity contribution in [2.45, 2.75) is 12.3 Å². The Bertz CT molecular complexity index is 1350. The van der Waals surface area contributed by atoms with Gasteiger partial charge in [-0.1, -0.05) is 0 Å². The van der Waals surface area contributed by atoms with Crippen LogP contribution in [0.5, 0.6) is 11.8 Å². The first kappa shape index (κ1) is 21.9. The topological polar surface area (TPSA) is 104 Å². The number of imidazole rings is 1. The van der Waals surface area contributed by atoms with Gasteiger partial charge in [0.25, 0.3) is 0 Å². The van der Waals surface area contributed by atoms with E-state index in [-0.39, 0.29) is 32.2 Å². The fraction of sp³-hybridized carbons (Fsp3) is 0.333. The average Bonchev–Trinajstić information content (AvgIpc) is 3.45. The van der Waals surface area contributed by atoms with E-state index in [0.717, 1.165) is 0 Å². The molecule has 0 aromatic carbocycles. The van der Waals surface area contributed by atoms with E-state index in [4.69, 9.17) is 18.6 Å². The molecule has 0 radical (unpaired) electrons. The molecule has 10 nitrogen and oxygen atoms in total. The van der Waals surface area contributed by atoms with Crippen molar-refractivity contribution in [3.8, 4) is 23.2 Å². The number of hydrogen-bond donors (Lipinski definition) is 0. The van der Waals surface area contributed by atoms with Crippen molar-refractivity contribution < 1.29 is 36.6 Å². The van der Waals surface area contributed by atoms with Crippen LogP contribution in [0.4, 0.5) is 13.2 Å². The summed E-state index contributed by atoms with van der Waals surface area (Å²) in [5.74, 6) is -0.787. The molecule has 0 spiro atoms. The number of carbonyl (C=O) groups is 1. The van der Waals surface area contributed by atoms with Crippen molar-refractivity contribution in [2.75, 3.05) is 33.4 Å². The molecule has 1 unspecified atom stereocenters. The van der Waals surface area contributed by atoms with Crippen LogP contribution >= 0.6 is 0 Å². The van der Waals surface area contributed by atoms with E-state index in [2.05, 4.69) is 15.1 Å². The lowest BCUT2D eigenvalue weighted by molar-refractivity contribution is -0.191. The summed E-state index contributed by atoms with van der Waals surface area (Å²) in [6.07, 6.45) is -2.49. The minimum atomic E-state index is -4.93. The van der Waals surface area contributed by atoms with Gasteiger partial charge in [0.15, 0.2) is 11.4 Å². The van der Waals surface area contributed by atoms with Crippen LogP contribution < -0.4 is 9.47 Å². The molecule has 4 aromatic rings. The third-order valence-corrected chi connectivity index (χ3v) is 5.28. The molecule has 13 heteroatoms. The molecule has 1 aliphatic heterocycles. The van der Waals surface area contributed by atoms with Gasteiger partial charge in [0.05, 0.1) is 31.8 Å². The van der Waals surface area contributed by atoms with E-state index < -0.39 is 18.2 Å². The van der Waals surface area contributed by atoms with Gasteiger partial charge in [-0.15, -0.1) is 5.10 Å². The maximum atomic E-state index is 12.7. The van der Waals surface area contributed by atoms with Gasteiger partial charge < -0.3 is 23.5 Å². The number of hydrogen-bond acceptors (Lipinski definition) is 8. The molecule has 0 saturated carbocycles. The van der Waals surface area contributed by atoms with Crippen molar-refractivity contribution in [2.24, 2.45) is 0 Å². The third-order valence-electron chi connectivity index (χ3n) is 5.28. The fourth-order valence-corrected chi connectivity index (χ4v) is 3.69. The van der Waals surface area contributed by atoms with E-state index in [0.29, 0.717) is 38.9 Å². The highest BCUT2D eigenvalue weighted by molar-refractivity contribution is 5.86. The maximum Gasteiger partial charge on any atom is 0.471 e. The van der Waals surface area contributed by atoms with Gasteiger partial charge in [-0.25, -0.2) is 14.5 Å². The highest BCUT2D eigenvalue weighted by Crippen LogP contribution is 2.32. The van der Waals surface area contributed by atoms with Crippen LogP contribution in [0.2, 0.25) is 0 Å². The average molecular weight is 477 g/mol. The zero-order valence-electron chi connectivity index (χ0n) is 17.8. The molecule has 5 rings (SSSR count). The summed E-state index contributed by atoms with van der Waals surface area (Å²) in [7, 11) is 1.52. The normalized spacial score (nSPS) is 16.8. The molecule has 0 bridgehead atoms.